The van der Waals surface area contributed by atoms with E-state index in [1.165, 1.54) is 0 Å². The van der Waals surface area contributed by atoms with E-state index in [-0.39, 0.29) is 12.0 Å². The van der Waals surface area contributed by atoms with E-state index in [1.807, 2.05) is 17.2 Å². The summed E-state index contributed by atoms with van der Waals surface area (Å²) in [5.41, 5.74) is 0. The predicted octanol–water partition coefficient (Wildman–Crippen LogP) is 0.991. The van der Waals surface area contributed by atoms with Gasteiger partial charge in [0.15, 0.2) is 0 Å². The van der Waals surface area contributed by atoms with E-state index in [9.17, 15) is 9.90 Å². The van der Waals surface area contributed by atoms with E-state index in [0.717, 1.165) is 50.6 Å². The van der Waals surface area contributed by atoms with Gasteiger partial charge in [0.05, 0.1) is 11.1 Å². The van der Waals surface area contributed by atoms with Crippen LogP contribution in [0.25, 0.3) is 0 Å². The Morgan fingerprint density at radius 3 is 2.80 bits per heavy atom. The van der Waals surface area contributed by atoms with Gasteiger partial charge >= 0.3 is 0 Å². The molecule has 6 heteroatoms. The Bertz CT molecular complexity index is 403. The lowest BCUT2D eigenvalue weighted by Gasteiger charge is -2.35. The van der Waals surface area contributed by atoms with Crippen LogP contribution in [-0.4, -0.2) is 64.6 Å². The van der Waals surface area contributed by atoms with Gasteiger partial charge in [0, 0.05) is 57.1 Å². The number of aliphatic hydroxyl groups is 1. The standard InChI is InChI=1S/C14H23N3O2S/c1-2-12(18)11-16-6-8-17(9-7-16)14(19)4-3-13-15-5-10-20-13/h5,10,12,18H,2-4,6-9,11H2,1H3/t12-/m0/s1. The number of amides is 1. The molecule has 0 saturated carbocycles. The van der Waals surface area contributed by atoms with E-state index in [0.29, 0.717) is 6.42 Å². The van der Waals surface area contributed by atoms with Gasteiger partial charge < -0.3 is 10.0 Å². The Kier molecular flexibility index (Phi) is 5.94. The minimum Gasteiger partial charge on any atom is -0.392 e. The lowest BCUT2D eigenvalue weighted by molar-refractivity contribution is -0.133. The number of aryl methyl sites for hydroxylation is 1. The highest BCUT2D eigenvalue weighted by Crippen LogP contribution is 2.10. The van der Waals surface area contributed by atoms with Gasteiger partial charge in [-0.25, -0.2) is 4.98 Å². The number of aliphatic hydroxyl groups excluding tert-OH is 1. The molecule has 0 aliphatic carbocycles. The molecule has 1 aromatic rings. The van der Waals surface area contributed by atoms with Crippen LogP contribution in [0.2, 0.25) is 0 Å². The van der Waals surface area contributed by atoms with Gasteiger partial charge in [0.2, 0.25) is 5.91 Å². The summed E-state index contributed by atoms with van der Waals surface area (Å²) in [5.74, 6) is 0.218. The molecule has 1 saturated heterocycles. The molecular weight excluding hydrogens is 274 g/mol. The molecule has 0 spiro atoms. The lowest BCUT2D eigenvalue weighted by Crippen LogP contribution is -2.50. The van der Waals surface area contributed by atoms with Crippen molar-refractivity contribution < 1.29 is 9.90 Å². The molecule has 0 unspecified atom stereocenters. The predicted molar refractivity (Wildman–Crippen MR) is 79.8 cm³/mol. The lowest BCUT2D eigenvalue weighted by atomic mass is 10.2. The molecule has 0 radical (unpaired) electrons. The summed E-state index contributed by atoms with van der Waals surface area (Å²) in [6.45, 7) is 5.97. The largest absolute Gasteiger partial charge is 0.392 e. The van der Waals surface area contributed by atoms with Crippen molar-refractivity contribution in [2.75, 3.05) is 32.7 Å². The van der Waals surface area contributed by atoms with Crippen LogP contribution in [0.1, 0.15) is 24.8 Å². The summed E-state index contributed by atoms with van der Waals surface area (Å²) in [4.78, 5) is 20.5. The molecule has 1 aliphatic heterocycles. The summed E-state index contributed by atoms with van der Waals surface area (Å²) >= 11 is 1.60. The van der Waals surface area contributed by atoms with Crippen LogP contribution < -0.4 is 0 Å². The van der Waals surface area contributed by atoms with Gasteiger partial charge in [-0.3, -0.25) is 9.69 Å². The zero-order chi connectivity index (χ0) is 14.4. The van der Waals surface area contributed by atoms with Gasteiger partial charge in [-0.15, -0.1) is 11.3 Å². The maximum absolute atomic E-state index is 12.1. The summed E-state index contributed by atoms with van der Waals surface area (Å²) < 4.78 is 0. The molecule has 2 heterocycles. The zero-order valence-corrected chi connectivity index (χ0v) is 12.8. The number of nitrogens with zero attached hydrogens (tertiary/aromatic N) is 3. The van der Waals surface area contributed by atoms with E-state index in [4.69, 9.17) is 0 Å². The fourth-order valence-electron chi connectivity index (χ4n) is 2.36. The molecule has 1 N–H and O–H groups in total. The second-order valence-corrected chi connectivity index (χ2v) is 6.15. The fourth-order valence-corrected chi connectivity index (χ4v) is 2.98. The highest BCUT2D eigenvalue weighted by molar-refractivity contribution is 7.09. The maximum Gasteiger partial charge on any atom is 0.223 e. The van der Waals surface area contributed by atoms with Gasteiger partial charge in [0.1, 0.15) is 0 Å². The number of thiazole rings is 1. The Balaban J connectivity index is 1.69. The van der Waals surface area contributed by atoms with Crippen molar-refractivity contribution in [2.45, 2.75) is 32.3 Å². The second kappa shape index (κ2) is 7.71. The van der Waals surface area contributed by atoms with E-state index >= 15 is 0 Å². The number of hydrogen-bond acceptors (Lipinski definition) is 5. The molecule has 112 valence electrons. The molecule has 1 amide bonds. The van der Waals surface area contributed by atoms with Crippen LogP contribution in [0.15, 0.2) is 11.6 Å². The number of rotatable bonds is 6. The molecule has 1 aromatic heterocycles. The minimum absolute atomic E-state index is 0.218. The highest BCUT2D eigenvalue weighted by Gasteiger charge is 2.21. The summed E-state index contributed by atoms with van der Waals surface area (Å²) in [6, 6.07) is 0. The smallest absolute Gasteiger partial charge is 0.223 e. The maximum atomic E-state index is 12.1. The Morgan fingerprint density at radius 1 is 1.45 bits per heavy atom. The molecule has 5 nitrogen and oxygen atoms in total. The van der Waals surface area contributed by atoms with Crippen LogP contribution >= 0.6 is 11.3 Å². The topological polar surface area (TPSA) is 56.7 Å². The molecule has 1 atom stereocenters. The number of β-amino-alcohol motifs (C(OH)–C–C–N with tert-alkyl or cyclic N) is 1. The van der Waals surface area contributed by atoms with E-state index < -0.39 is 0 Å². The molecule has 2 rings (SSSR count). The van der Waals surface area contributed by atoms with Crippen LogP contribution in [0.3, 0.4) is 0 Å². The Labute approximate surface area is 124 Å². The normalized spacial score (nSPS) is 18.2. The Morgan fingerprint density at radius 2 is 2.20 bits per heavy atom. The first-order chi connectivity index (χ1) is 9.69. The van der Waals surface area contributed by atoms with Gasteiger partial charge in [-0.1, -0.05) is 6.92 Å². The number of hydrogen-bond donors (Lipinski definition) is 1. The van der Waals surface area contributed by atoms with Crippen molar-refractivity contribution in [1.82, 2.24) is 14.8 Å². The van der Waals surface area contributed by atoms with Gasteiger partial charge in [-0.05, 0) is 6.42 Å². The summed E-state index contributed by atoms with van der Waals surface area (Å²) in [5, 5.41) is 12.6. The van der Waals surface area contributed by atoms with Crippen molar-refractivity contribution in [2.24, 2.45) is 0 Å². The van der Waals surface area contributed by atoms with Gasteiger partial charge in [-0.2, -0.15) is 0 Å². The van der Waals surface area contributed by atoms with Gasteiger partial charge in [0.25, 0.3) is 0 Å². The number of carbonyl (C=O) groups excluding carboxylic acids is 1. The molecule has 0 bridgehead atoms. The average molecular weight is 297 g/mol. The molecule has 1 fully saturated rings. The third kappa shape index (κ3) is 4.54. The third-order valence-corrected chi connectivity index (χ3v) is 4.54. The van der Waals surface area contributed by atoms with Crippen LogP contribution in [-0.2, 0) is 11.2 Å². The van der Waals surface area contributed by atoms with Crippen molar-refractivity contribution in [3.63, 3.8) is 0 Å². The number of aromatic nitrogens is 1. The fraction of sp³-hybridized carbons (Fsp3) is 0.714. The number of piperazine rings is 1. The monoisotopic (exact) mass is 297 g/mol. The quantitative estimate of drug-likeness (QED) is 0.851. The first kappa shape index (κ1) is 15.4. The molecular formula is C14H23N3O2S. The molecule has 0 aromatic carbocycles. The van der Waals surface area contributed by atoms with E-state index in [2.05, 4.69) is 9.88 Å². The minimum atomic E-state index is -0.248. The highest BCUT2D eigenvalue weighted by atomic mass is 32.1. The van der Waals surface area contributed by atoms with Crippen molar-refractivity contribution in [1.29, 1.82) is 0 Å². The Hall–Kier alpha value is -0.980. The van der Waals surface area contributed by atoms with Crippen LogP contribution in [0.5, 0.6) is 0 Å². The molecule has 1 aliphatic rings. The second-order valence-electron chi connectivity index (χ2n) is 5.17. The first-order valence-corrected chi connectivity index (χ1v) is 8.13. The summed E-state index contributed by atoms with van der Waals surface area (Å²) in [7, 11) is 0. The van der Waals surface area contributed by atoms with Crippen LogP contribution in [0.4, 0.5) is 0 Å². The SMILES string of the molecule is CC[C@H](O)CN1CCN(C(=O)CCc2nccs2)CC1. The van der Waals surface area contributed by atoms with Crippen molar-refractivity contribution in [3.8, 4) is 0 Å². The van der Waals surface area contributed by atoms with E-state index in [1.54, 1.807) is 17.5 Å². The average Bonchev–Trinajstić information content (AvgIpc) is 2.98. The molecule has 20 heavy (non-hydrogen) atoms. The van der Waals surface area contributed by atoms with Crippen LogP contribution in [0, 0.1) is 0 Å². The third-order valence-electron chi connectivity index (χ3n) is 3.70. The number of carbonyl (C=O) groups is 1. The zero-order valence-electron chi connectivity index (χ0n) is 12.0. The van der Waals surface area contributed by atoms with Crippen molar-refractivity contribution >= 4 is 17.2 Å². The first-order valence-electron chi connectivity index (χ1n) is 7.25. The van der Waals surface area contributed by atoms with Crippen molar-refractivity contribution in [3.05, 3.63) is 16.6 Å². The summed E-state index contributed by atoms with van der Waals surface area (Å²) in [6.07, 6.45) is 3.60.